The Morgan fingerprint density at radius 1 is 1.29 bits per heavy atom. The molecule has 0 fully saturated rings. The quantitative estimate of drug-likeness (QED) is 0.757. The SMILES string of the molecule is COCCC(=O)c1ccc2nc(C)ccc2c1. The minimum atomic E-state index is 0.106. The summed E-state index contributed by atoms with van der Waals surface area (Å²) in [5.74, 6) is 0.106. The number of methoxy groups -OCH3 is 1. The summed E-state index contributed by atoms with van der Waals surface area (Å²) in [6.07, 6.45) is 0.418. The molecule has 1 heterocycles. The number of ether oxygens (including phenoxy) is 1. The van der Waals surface area contributed by atoms with Crippen molar-refractivity contribution in [2.45, 2.75) is 13.3 Å². The fourth-order valence-corrected chi connectivity index (χ4v) is 1.74. The molecular weight excluding hydrogens is 214 g/mol. The molecule has 2 aromatic rings. The Kier molecular flexibility index (Phi) is 3.49. The van der Waals surface area contributed by atoms with Crippen molar-refractivity contribution >= 4 is 16.7 Å². The summed E-state index contributed by atoms with van der Waals surface area (Å²) in [6.45, 7) is 2.42. The Hall–Kier alpha value is -1.74. The normalized spacial score (nSPS) is 10.7. The maximum atomic E-state index is 11.8. The highest BCUT2D eigenvalue weighted by Gasteiger charge is 2.06. The Bertz CT molecular complexity index is 549. The van der Waals surface area contributed by atoms with Gasteiger partial charge in [0.25, 0.3) is 0 Å². The molecule has 0 saturated heterocycles. The van der Waals surface area contributed by atoms with Crippen LogP contribution in [0.25, 0.3) is 10.9 Å². The molecule has 0 aliphatic rings. The lowest BCUT2D eigenvalue weighted by Gasteiger charge is -2.03. The van der Waals surface area contributed by atoms with Crippen LogP contribution in [0.15, 0.2) is 30.3 Å². The third-order valence-electron chi connectivity index (χ3n) is 2.68. The minimum absolute atomic E-state index is 0.106. The standard InChI is InChI=1S/C14H15NO2/c1-10-3-4-11-9-12(5-6-13(11)15-10)14(16)7-8-17-2/h3-6,9H,7-8H2,1-2H3. The zero-order chi connectivity index (χ0) is 12.3. The first kappa shape index (κ1) is 11.7. The summed E-state index contributed by atoms with van der Waals surface area (Å²) < 4.78 is 4.90. The van der Waals surface area contributed by atoms with Crippen LogP contribution in [0.4, 0.5) is 0 Å². The van der Waals surface area contributed by atoms with E-state index in [2.05, 4.69) is 4.98 Å². The van der Waals surface area contributed by atoms with Crippen LogP contribution in [0.5, 0.6) is 0 Å². The molecule has 3 nitrogen and oxygen atoms in total. The minimum Gasteiger partial charge on any atom is -0.384 e. The number of hydrogen-bond acceptors (Lipinski definition) is 3. The van der Waals surface area contributed by atoms with Gasteiger partial charge in [0.05, 0.1) is 12.1 Å². The highest BCUT2D eigenvalue weighted by atomic mass is 16.5. The van der Waals surface area contributed by atoms with Crippen molar-refractivity contribution in [3.63, 3.8) is 0 Å². The van der Waals surface area contributed by atoms with Gasteiger partial charge in [-0.05, 0) is 31.2 Å². The van der Waals surface area contributed by atoms with Crippen LogP contribution in [0.2, 0.25) is 0 Å². The van der Waals surface area contributed by atoms with Gasteiger partial charge in [-0.1, -0.05) is 6.07 Å². The number of carbonyl (C=O) groups excluding carboxylic acids is 1. The molecule has 1 aromatic carbocycles. The third kappa shape index (κ3) is 2.68. The average molecular weight is 229 g/mol. The molecule has 0 bridgehead atoms. The summed E-state index contributed by atoms with van der Waals surface area (Å²) in [5, 5.41) is 0.999. The zero-order valence-electron chi connectivity index (χ0n) is 10.1. The number of benzene rings is 1. The van der Waals surface area contributed by atoms with Crippen LogP contribution in [0.3, 0.4) is 0 Å². The monoisotopic (exact) mass is 229 g/mol. The van der Waals surface area contributed by atoms with Gasteiger partial charge in [-0.25, -0.2) is 0 Å². The first-order valence-corrected chi connectivity index (χ1v) is 5.60. The average Bonchev–Trinajstić information content (AvgIpc) is 2.35. The lowest BCUT2D eigenvalue weighted by molar-refractivity contribution is 0.0932. The lowest BCUT2D eigenvalue weighted by Crippen LogP contribution is -2.03. The van der Waals surface area contributed by atoms with E-state index in [0.29, 0.717) is 13.0 Å². The molecule has 0 atom stereocenters. The summed E-state index contributed by atoms with van der Waals surface area (Å²) in [5.41, 5.74) is 2.63. The van der Waals surface area contributed by atoms with Crippen LogP contribution < -0.4 is 0 Å². The lowest BCUT2D eigenvalue weighted by atomic mass is 10.1. The van der Waals surface area contributed by atoms with Gasteiger partial charge < -0.3 is 4.74 Å². The molecule has 0 N–H and O–H groups in total. The summed E-state index contributed by atoms with van der Waals surface area (Å²) in [6, 6.07) is 9.55. The van der Waals surface area contributed by atoms with Crippen molar-refractivity contribution in [3.8, 4) is 0 Å². The number of Topliss-reactive ketones (excluding diaryl/α,β-unsaturated/α-hetero) is 1. The van der Waals surface area contributed by atoms with Crippen LogP contribution >= 0.6 is 0 Å². The Balaban J connectivity index is 2.31. The fourth-order valence-electron chi connectivity index (χ4n) is 1.74. The molecule has 2 rings (SSSR count). The zero-order valence-corrected chi connectivity index (χ0v) is 10.1. The second-order valence-corrected chi connectivity index (χ2v) is 4.03. The summed E-state index contributed by atoms with van der Waals surface area (Å²) >= 11 is 0. The number of aryl methyl sites for hydroxylation is 1. The van der Waals surface area contributed by atoms with Crippen molar-refractivity contribution in [1.29, 1.82) is 0 Å². The molecule has 3 heteroatoms. The number of aromatic nitrogens is 1. The Morgan fingerprint density at radius 3 is 2.88 bits per heavy atom. The molecule has 0 unspecified atom stereocenters. The van der Waals surface area contributed by atoms with E-state index in [-0.39, 0.29) is 5.78 Å². The van der Waals surface area contributed by atoms with Gasteiger partial charge in [0.1, 0.15) is 0 Å². The third-order valence-corrected chi connectivity index (χ3v) is 2.68. The van der Waals surface area contributed by atoms with Crippen LogP contribution in [0.1, 0.15) is 22.5 Å². The van der Waals surface area contributed by atoms with Crippen molar-refractivity contribution < 1.29 is 9.53 Å². The van der Waals surface area contributed by atoms with Crippen molar-refractivity contribution in [2.24, 2.45) is 0 Å². The highest BCUT2D eigenvalue weighted by Crippen LogP contribution is 2.15. The molecule has 0 aliphatic heterocycles. The molecule has 0 amide bonds. The highest BCUT2D eigenvalue weighted by molar-refractivity contribution is 5.99. The molecule has 17 heavy (non-hydrogen) atoms. The number of ketones is 1. The molecule has 0 aliphatic carbocycles. The predicted octanol–water partition coefficient (Wildman–Crippen LogP) is 2.76. The summed E-state index contributed by atoms with van der Waals surface area (Å²) in [7, 11) is 1.60. The van der Waals surface area contributed by atoms with Gasteiger partial charge in [-0.2, -0.15) is 0 Å². The number of carbonyl (C=O) groups is 1. The smallest absolute Gasteiger partial charge is 0.165 e. The molecule has 0 radical (unpaired) electrons. The van der Waals surface area contributed by atoms with Crippen LogP contribution in [-0.4, -0.2) is 24.5 Å². The van der Waals surface area contributed by atoms with Gasteiger partial charge in [0, 0.05) is 30.2 Å². The number of fused-ring (bicyclic) bond motifs is 1. The Morgan fingerprint density at radius 2 is 2.12 bits per heavy atom. The summed E-state index contributed by atoms with van der Waals surface area (Å²) in [4.78, 5) is 16.2. The van der Waals surface area contributed by atoms with Gasteiger partial charge in [0.2, 0.25) is 0 Å². The van der Waals surface area contributed by atoms with E-state index >= 15 is 0 Å². The second kappa shape index (κ2) is 5.06. The van der Waals surface area contributed by atoms with Gasteiger partial charge in [-0.3, -0.25) is 9.78 Å². The fraction of sp³-hybridized carbons (Fsp3) is 0.286. The van der Waals surface area contributed by atoms with Crippen LogP contribution in [-0.2, 0) is 4.74 Å². The van der Waals surface area contributed by atoms with Crippen molar-refractivity contribution in [1.82, 2.24) is 4.98 Å². The maximum Gasteiger partial charge on any atom is 0.165 e. The first-order valence-electron chi connectivity index (χ1n) is 5.60. The topological polar surface area (TPSA) is 39.2 Å². The maximum absolute atomic E-state index is 11.8. The predicted molar refractivity (Wildman–Crippen MR) is 67.3 cm³/mol. The van der Waals surface area contributed by atoms with Crippen molar-refractivity contribution in [3.05, 3.63) is 41.6 Å². The van der Waals surface area contributed by atoms with E-state index < -0.39 is 0 Å². The Labute approximate surface area is 100 Å². The molecule has 88 valence electrons. The van der Waals surface area contributed by atoms with Gasteiger partial charge in [0.15, 0.2) is 5.78 Å². The molecule has 1 aromatic heterocycles. The van der Waals surface area contributed by atoms with E-state index in [9.17, 15) is 4.79 Å². The second-order valence-electron chi connectivity index (χ2n) is 4.03. The number of rotatable bonds is 4. The molecular formula is C14H15NO2. The number of pyridine rings is 1. The van der Waals surface area contributed by atoms with Crippen molar-refractivity contribution in [2.75, 3.05) is 13.7 Å². The first-order chi connectivity index (χ1) is 8.20. The largest absolute Gasteiger partial charge is 0.384 e. The number of nitrogens with zero attached hydrogens (tertiary/aromatic N) is 1. The molecule has 0 saturated carbocycles. The van der Waals surface area contributed by atoms with Crippen LogP contribution in [0, 0.1) is 6.92 Å². The van der Waals surface area contributed by atoms with Gasteiger partial charge in [-0.15, -0.1) is 0 Å². The van der Waals surface area contributed by atoms with E-state index in [1.807, 2.05) is 37.3 Å². The molecule has 0 spiro atoms. The van der Waals surface area contributed by atoms with E-state index in [0.717, 1.165) is 22.2 Å². The van der Waals surface area contributed by atoms with E-state index in [1.54, 1.807) is 7.11 Å². The number of hydrogen-bond donors (Lipinski definition) is 0. The van der Waals surface area contributed by atoms with E-state index in [4.69, 9.17) is 4.74 Å². The van der Waals surface area contributed by atoms with E-state index in [1.165, 1.54) is 0 Å². The van der Waals surface area contributed by atoms with Gasteiger partial charge >= 0.3 is 0 Å².